The predicted octanol–water partition coefficient (Wildman–Crippen LogP) is 2.58. The van der Waals surface area contributed by atoms with E-state index in [1.807, 2.05) is 0 Å². The molecule has 0 aliphatic carbocycles. The summed E-state index contributed by atoms with van der Waals surface area (Å²) in [6, 6.07) is 11.4. The van der Waals surface area contributed by atoms with E-state index >= 15 is 0 Å². The number of rotatable bonds is 6. The lowest BCUT2D eigenvalue weighted by Crippen LogP contribution is -2.24. The lowest BCUT2D eigenvalue weighted by molar-refractivity contribution is -0.123. The third kappa shape index (κ3) is 5.19. The molecule has 2 aromatic carbocycles. The highest BCUT2D eigenvalue weighted by molar-refractivity contribution is 6.30. The Labute approximate surface area is 138 Å². The van der Waals surface area contributed by atoms with Crippen LogP contribution in [0, 0.1) is 0 Å². The molecule has 2 aromatic rings. The topological polar surface area (TPSA) is 80.2 Å². The lowest BCUT2D eigenvalue weighted by Gasteiger charge is -2.05. The maximum absolute atomic E-state index is 11.6. The van der Waals surface area contributed by atoms with E-state index in [1.54, 1.807) is 36.4 Å². The monoisotopic (exact) mass is 334 g/mol. The molecule has 7 heteroatoms. The van der Waals surface area contributed by atoms with Gasteiger partial charge in [-0.1, -0.05) is 11.6 Å². The van der Waals surface area contributed by atoms with Gasteiger partial charge in [-0.2, -0.15) is 5.10 Å². The number of hydrazone groups is 1. The summed E-state index contributed by atoms with van der Waals surface area (Å²) in [7, 11) is 1.46. The molecule has 0 aliphatic rings. The van der Waals surface area contributed by atoms with Gasteiger partial charge in [0.25, 0.3) is 5.91 Å². The summed E-state index contributed by atoms with van der Waals surface area (Å²) >= 11 is 5.75. The van der Waals surface area contributed by atoms with Crippen molar-refractivity contribution in [3.05, 3.63) is 53.1 Å². The molecule has 6 nitrogen and oxygen atoms in total. The number of nitrogens with one attached hydrogen (secondary N) is 1. The van der Waals surface area contributed by atoms with Crippen molar-refractivity contribution in [3.63, 3.8) is 0 Å². The summed E-state index contributed by atoms with van der Waals surface area (Å²) < 4.78 is 10.2. The summed E-state index contributed by atoms with van der Waals surface area (Å²) in [5, 5.41) is 14.0. The van der Waals surface area contributed by atoms with Crippen molar-refractivity contribution in [2.45, 2.75) is 0 Å². The van der Waals surface area contributed by atoms with Crippen molar-refractivity contribution < 1.29 is 19.4 Å². The molecule has 0 fully saturated rings. The van der Waals surface area contributed by atoms with Gasteiger partial charge in [0, 0.05) is 5.02 Å². The molecule has 0 heterocycles. The fourth-order valence-corrected chi connectivity index (χ4v) is 1.80. The van der Waals surface area contributed by atoms with Gasteiger partial charge >= 0.3 is 0 Å². The van der Waals surface area contributed by atoms with Gasteiger partial charge in [0.15, 0.2) is 18.1 Å². The Kier molecular flexibility index (Phi) is 5.82. The van der Waals surface area contributed by atoms with Crippen LogP contribution in [0.3, 0.4) is 0 Å². The Bertz CT molecular complexity index is 702. The molecule has 0 saturated carbocycles. The summed E-state index contributed by atoms with van der Waals surface area (Å²) in [6.45, 7) is -0.174. The molecule has 2 N–H and O–H groups in total. The van der Waals surface area contributed by atoms with E-state index in [9.17, 15) is 9.90 Å². The number of nitrogens with zero attached hydrogens (tertiary/aromatic N) is 1. The van der Waals surface area contributed by atoms with Gasteiger partial charge in [-0.3, -0.25) is 4.79 Å². The molecule has 0 spiro atoms. The van der Waals surface area contributed by atoms with E-state index in [4.69, 9.17) is 21.1 Å². The maximum atomic E-state index is 11.6. The number of methoxy groups -OCH3 is 1. The van der Waals surface area contributed by atoms with Crippen LogP contribution in [0.1, 0.15) is 5.56 Å². The number of carbonyl (C=O) groups is 1. The van der Waals surface area contributed by atoms with Crippen molar-refractivity contribution >= 4 is 23.7 Å². The van der Waals surface area contributed by atoms with Gasteiger partial charge in [-0.25, -0.2) is 5.43 Å². The molecular weight excluding hydrogens is 320 g/mol. The first-order valence-electron chi connectivity index (χ1n) is 6.66. The molecule has 2 rings (SSSR count). The van der Waals surface area contributed by atoms with Crippen molar-refractivity contribution in [2.75, 3.05) is 13.7 Å². The van der Waals surface area contributed by atoms with E-state index in [1.165, 1.54) is 19.4 Å². The molecule has 120 valence electrons. The zero-order chi connectivity index (χ0) is 16.7. The minimum absolute atomic E-state index is 0.00570. The molecule has 0 unspecified atom stereocenters. The first kappa shape index (κ1) is 16.6. The standard InChI is InChI=1S/C16H15ClN2O4/c1-22-15-7-2-11(8-14(15)20)9-18-19-16(21)10-23-13-5-3-12(17)4-6-13/h2-9,20H,10H2,1H3,(H,19,21)/b18-9-. The minimum Gasteiger partial charge on any atom is -0.504 e. The summed E-state index contributed by atoms with van der Waals surface area (Å²) in [6.07, 6.45) is 1.40. The molecule has 23 heavy (non-hydrogen) atoms. The molecule has 0 saturated heterocycles. The van der Waals surface area contributed by atoms with Gasteiger partial charge in [-0.15, -0.1) is 0 Å². The first-order chi connectivity index (χ1) is 11.1. The lowest BCUT2D eigenvalue weighted by atomic mass is 10.2. The van der Waals surface area contributed by atoms with E-state index < -0.39 is 5.91 Å². The highest BCUT2D eigenvalue weighted by Crippen LogP contribution is 2.25. The number of carbonyl (C=O) groups excluding carboxylic acids is 1. The summed E-state index contributed by atoms with van der Waals surface area (Å²) in [5.74, 6) is 0.485. The number of hydrogen-bond donors (Lipinski definition) is 2. The van der Waals surface area contributed by atoms with Crippen LogP contribution >= 0.6 is 11.6 Å². The first-order valence-corrected chi connectivity index (χ1v) is 7.03. The predicted molar refractivity (Wildman–Crippen MR) is 87.3 cm³/mol. The van der Waals surface area contributed by atoms with Crippen LogP contribution in [0.15, 0.2) is 47.6 Å². The Morgan fingerprint density at radius 2 is 2.04 bits per heavy atom. The summed E-state index contributed by atoms with van der Waals surface area (Å²) in [5.41, 5.74) is 2.94. The molecule has 0 radical (unpaired) electrons. The molecular formula is C16H15ClN2O4. The third-order valence-corrected chi connectivity index (χ3v) is 3.04. The molecule has 0 atom stereocenters. The Balaban J connectivity index is 1.81. The fourth-order valence-electron chi connectivity index (χ4n) is 1.68. The number of aromatic hydroxyl groups is 1. The second kappa shape index (κ2) is 8.05. The summed E-state index contributed by atoms with van der Waals surface area (Å²) in [4.78, 5) is 11.6. The van der Waals surface area contributed by atoms with Crippen LogP contribution in [0.25, 0.3) is 0 Å². The van der Waals surface area contributed by atoms with Gasteiger partial charge in [0.2, 0.25) is 0 Å². The van der Waals surface area contributed by atoms with Crippen LogP contribution in [0.2, 0.25) is 5.02 Å². The number of halogens is 1. The number of hydrogen-bond acceptors (Lipinski definition) is 5. The number of ether oxygens (including phenoxy) is 2. The van der Waals surface area contributed by atoms with Crippen LogP contribution in [-0.2, 0) is 4.79 Å². The van der Waals surface area contributed by atoms with Gasteiger partial charge in [0.05, 0.1) is 13.3 Å². The Morgan fingerprint density at radius 3 is 2.70 bits per heavy atom. The van der Waals surface area contributed by atoms with Crippen molar-refractivity contribution in [3.8, 4) is 17.2 Å². The van der Waals surface area contributed by atoms with Crippen LogP contribution < -0.4 is 14.9 Å². The molecule has 0 aliphatic heterocycles. The number of phenols is 1. The van der Waals surface area contributed by atoms with Crippen molar-refractivity contribution in [1.29, 1.82) is 0 Å². The van der Waals surface area contributed by atoms with E-state index in [0.717, 1.165) is 0 Å². The van der Waals surface area contributed by atoms with E-state index in [2.05, 4.69) is 10.5 Å². The highest BCUT2D eigenvalue weighted by Gasteiger charge is 2.03. The fraction of sp³-hybridized carbons (Fsp3) is 0.125. The zero-order valence-electron chi connectivity index (χ0n) is 12.3. The van der Waals surface area contributed by atoms with Crippen LogP contribution in [-0.4, -0.2) is 30.9 Å². The van der Waals surface area contributed by atoms with Gasteiger partial charge < -0.3 is 14.6 Å². The SMILES string of the molecule is COc1ccc(/C=N\NC(=O)COc2ccc(Cl)cc2)cc1O. The van der Waals surface area contributed by atoms with E-state index in [-0.39, 0.29) is 12.4 Å². The van der Waals surface area contributed by atoms with Gasteiger partial charge in [-0.05, 0) is 48.0 Å². The molecule has 1 amide bonds. The Morgan fingerprint density at radius 1 is 1.30 bits per heavy atom. The normalized spacial score (nSPS) is 10.5. The number of amides is 1. The zero-order valence-corrected chi connectivity index (χ0v) is 13.1. The van der Waals surface area contributed by atoms with Crippen LogP contribution in [0.5, 0.6) is 17.2 Å². The molecule has 0 aromatic heterocycles. The van der Waals surface area contributed by atoms with Gasteiger partial charge in [0.1, 0.15) is 5.75 Å². The molecule has 0 bridgehead atoms. The van der Waals surface area contributed by atoms with Crippen molar-refractivity contribution in [2.24, 2.45) is 5.10 Å². The van der Waals surface area contributed by atoms with E-state index in [0.29, 0.717) is 22.1 Å². The highest BCUT2D eigenvalue weighted by atomic mass is 35.5. The largest absolute Gasteiger partial charge is 0.504 e. The van der Waals surface area contributed by atoms with Crippen molar-refractivity contribution in [1.82, 2.24) is 5.43 Å². The quantitative estimate of drug-likeness (QED) is 0.628. The maximum Gasteiger partial charge on any atom is 0.277 e. The average Bonchev–Trinajstić information content (AvgIpc) is 2.54. The second-order valence-electron chi connectivity index (χ2n) is 4.47. The third-order valence-electron chi connectivity index (χ3n) is 2.79. The van der Waals surface area contributed by atoms with Crippen LogP contribution in [0.4, 0.5) is 0 Å². The minimum atomic E-state index is -0.408. The smallest absolute Gasteiger partial charge is 0.277 e. The Hall–Kier alpha value is -2.73. The average molecular weight is 335 g/mol. The number of benzene rings is 2. The second-order valence-corrected chi connectivity index (χ2v) is 4.90. The number of phenolic OH excluding ortho intramolecular Hbond substituents is 1.